The summed E-state index contributed by atoms with van der Waals surface area (Å²) in [5.41, 5.74) is 5.55. The van der Waals surface area contributed by atoms with E-state index in [1.165, 1.54) is 11.1 Å². The van der Waals surface area contributed by atoms with Gasteiger partial charge < -0.3 is 14.4 Å². The fraction of sp³-hybridized carbons (Fsp3) is 0.400. The highest BCUT2D eigenvalue weighted by atomic mass is 16.5. The lowest BCUT2D eigenvalue weighted by Gasteiger charge is -2.32. The highest BCUT2D eigenvalue weighted by Crippen LogP contribution is 2.25. The number of aryl methyl sites for hydroxylation is 1. The Morgan fingerprint density at radius 3 is 2.66 bits per heavy atom. The maximum absolute atomic E-state index is 6.12. The average molecular weight is 434 g/mol. The fourth-order valence-corrected chi connectivity index (χ4v) is 4.00. The highest BCUT2D eigenvalue weighted by Gasteiger charge is 2.24. The van der Waals surface area contributed by atoms with Gasteiger partial charge in [-0.3, -0.25) is 9.88 Å². The summed E-state index contributed by atoms with van der Waals surface area (Å²) in [6, 6.07) is 12.5. The summed E-state index contributed by atoms with van der Waals surface area (Å²) in [5, 5.41) is 0. The third kappa shape index (κ3) is 5.60. The molecule has 2 aromatic heterocycles. The van der Waals surface area contributed by atoms with Gasteiger partial charge in [-0.2, -0.15) is 0 Å². The van der Waals surface area contributed by atoms with Gasteiger partial charge in [-0.25, -0.2) is 9.97 Å². The van der Waals surface area contributed by atoms with Crippen molar-refractivity contribution in [2.75, 3.05) is 45.8 Å². The van der Waals surface area contributed by atoms with Crippen molar-refractivity contribution < 1.29 is 9.47 Å². The Balaban J connectivity index is 1.45. The van der Waals surface area contributed by atoms with Gasteiger partial charge in [-0.05, 0) is 48.7 Å². The van der Waals surface area contributed by atoms with Crippen molar-refractivity contribution >= 4 is 5.95 Å². The number of pyridine rings is 1. The van der Waals surface area contributed by atoms with Gasteiger partial charge in [0.2, 0.25) is 5.95 Å². The molecule has 3 aromatic rings. The van der Waals surface area contributed by atoms with Gasteiger partial charge >= 0.3 is 0 Å². The number of anilines is 1. The number of hydrogen-bond acceptors (Lipinski definition) is 7. The van der Waals surface area contributed by atoms with Gasteiger partial charge in [0.25, 0.3) is 0 Å². The summed E-state index contributed by atoms with van der Waals surface area (Å²) < 4.78 is 11.5. The van der Waals surface area contributed by atoms with Crippen molar-refractivity contribution in [3.05, 3.63) is 76.9 Å². The Kier molecular flexibility index (Phi) is 6.97. The van der Waals surface area contributed by atoms with Gasteiger partial charge in [0, 0.05) is 57.4 Å². The van der Waals surface area contributed by atoms with E-state index in [0.29, 0.717) is 6.61 Å². The minimum atomic E-state index is -0.0466. The van der Waals surface area contributed by atoms with Crippen LogP contribution in [-0.2, 0) is 17.7 Å². The topological polar surface area (TPSA) is 63.6 Å². The first-order chi connectivity index (χ1) is 15.5. The lowest BCUT2D eigenvalue weighted by atomic mass is 10.0. The van der Waals surface area contributed by atoms with Crippen LogP contribution in [0.3, 0.4) is 0 Å². The van der Waals surface area contributed by atoms with Crippen LogP contribution in [0.15, 0.2) is 48.8 Å². The molecule has 0 N–H and O–H groups in total. The molecule has 1 fully saturated rings. The zero-order valence-corrected chi connectivity index (χ0v) is 19.3. The van der Waals surface area contributed by atoms with Crippen LogP contribution in [-0.4, -0.2) is 60.8 Å². The molecule has 3 heterocycles. The molecule has 0 unspecified atom stereocenters. The normalized spacial score (nSPS) is 16.7. The van der Waals surface area contributed by atoms with Gasteiger partial charge in [-0.15, -0.1) is 0 Å². The van der Waals surface area contributed by atoms with Crippen LogP contribution in [0.2, 0.25) is 0 Å². The van der Waals surface area contributed by atoms with E-state index in [1.54, 1.807) is 7.11 Å². The van der Waals surface area contributed by atoms with Crippen LogP contribution in [0.5, 0.6) is 5.75 Å². The first kappa shape index (κ1) is 22.2. The van der Waals surface area contributed by atoms with E-state index in [9.17, 15) is 0 Å². The Bertz CT molecular complexity index is 1040. The molecule has 1 saturated heterocycles. The van der Waals surface area contributed by atoms with Crippen LogP contribution in [0, 0.1) is 6.92 Å². The molecular weight excluding hydrogens is 402 g/mol. The van der Waals surface area contributed by atoms with Crippen LogP contribution < -0.4 is 9.64 Å². The van der Waals surface area contributed by atoms with Crippen molar-refractivity contribution in [1.29, 1.82) is 0 Å². The van der Waals surface area contributed by atoms with E-state index >= 15 is 0 Å². The number of ether oxygens (including phenoxy) is 2. The fourth-order valence-electron chi connectivity index (χ4n) is 4.00. The molecule has 0 saturated carbocycles. The van der Waals surface area contributed by atoms with E-state index in [4.69, 9.17) is 14.5 Å². The smallest absolute Gasteiger partial charge is 0.224 e. The molecule has 0 amide bonds. The Morgan fingerprint density at radius 2 is 1.91 bits per heavy atom. The van der Waals surface area contributed by atoms with Gasteiger partial charge in [0.15, 0.2) is 0 Å². The molecule has 1 atom stereocenters. The predicted molar refractivity (Wildman–Crippen MR) is 125 cm³/mol. The van der Waals surface area contributed by atoms with E-state index < -0.39 is 0 Å². The van der Waals surface area contributed by atoms with Crippen LogP contribution in [0.1, 0.15) is 34.2 Å². The minimum absolute atomic E-state index is 0.0466. The standard InChI is InChI=1S/C25H31N5O2/c1-18-10-20(11-19-6-5-7-22(12-19)31-4)13-23(28-18)24-17-30(8-9-32-24)16-21-14-26-25(27-15-21)29(2)3/h5-7,10,12-15,24H,8-9,11,16-17H2,1-4H3/t24-/m0/s1. The zero-order chi connectivity index (χ0) is 22.5. The number of morpholine rings is 1. The SMILES string of the molecule is COc1cccc(Cc2cc(C)nc([C@@H]3CN(Cc4cnc(N(C)C)nc4)CCO3)c2)c1. The van der Waals surface area contributed by atoms with E-state index in [2.05, 4.69) is 39.1 Å². The Hall–Kier alpha value is -3.03. The molecule has 1 aliphatic heterocycles. The van der Waals surface area contributed by atoms with Gasteiger partial charge in [0.05, 0.1) is 19.4 Å². The summed E-state index contributed by atoms with van der Waals surface area (Å²) in [7, 11) is 5.58. The first-order valence-electron chi connectivity index (χ1n) is 10.9. The quantitative estimate of drug-likeness (QED) is 0.566. The Morgan fingerprint density at radius 1 is 1.09 bits per heavy atom. The number of benzene rings is 1. The molecule has 0 radical (unpaired) electrons. The number of methoxy groups -OCH3 is 1. The second-order valence-electron chi connectivity index (χ2n) is 8.45. The van der Waals surface area contributed by atoms with Crippen LogP contribution in [0.25, 0.3) is 0 Å². The van der Waals surface area contributed by atoms with Crippen molar-refractivity contribution in [2.45, 2.75) is 26.0 Å². The monoisotopic (exact) mass is 433 g/mol. The van der Waals surface area contributed by atoms with Crippen molar-refractivity contribution in [1.82, 2.24) is 19.9 Å². The molecule has 7 heteroatoms. The van der Waals surface area contributed by atoms with Crippen molar-refractivity contribution in [3.8, 4) is 5.75 Å². The Labute approximate surface area is 190 Å². The summed E-state index contributed by atoms with van der Waals surface area (Å²) in [6.45, 7) is 5.21. The summed E-state index contributed by atoms with van der Waals surface area (Å²) in [4.78, 5) is 17.9. The molecule has 1 aromatic carbocycles. The lowest BCUT2D eigenvalue weighted by molar-refractivity contribution is -0.0351. The second kappa shape index (κ2) is 10.1. The van der Waals surface area contributed by atoms with Crippen molar-refractivity contribution in [2.24, 2.45) is 0 Å². The number of rotatable bonds is 7. The van der Waals surface area contributed by atoms with Crippen molar-refractivity contribution in [3.63, 3.8) is 0 Å². The molecule has 1 aliphatic rings. The summed E-state index contributed by atoms with van der Waals surface area (Å²) >= 11 is 0. The lowest BCUT2D eigenvalue weighted by Crippen LogP contribution is -2.38. The molecule has 168 valence electrons. The second-order valence-corrected chi connectivity index (χ2v) is 8.45. The zero-order valence-electron chi connectivity index (χ0n) is 19.3. The van der Waals surface area contributed by atoms with E-state index in [1.807, 2.05) is 50.4 Å². The molecule has 0 aliphatic carbocycles. The molecule has 32 heavy (non-hydrogen) atoms. The molecule has 0 spiro atoms. The minimum Gasteiger partial charge on any atom is -0.497 e. The highest BCUT2D eigenvalue weighted by molar-refractivity contribution is 5.34. The maximum Gasteiger partial charge on any atom is 0.224 e. The van der Waals surface area contributed by atoms with E-state index in [-0.39, 0.29) is 6.10 Å². The first-order valence-corrected chi connectivity index (χ1v) is 10.9. The predicted octanol–water partition coefficient (Wildman–Crippen LogP) is 3.42. The number of hydrogen-bond donors (Lipinski definition) is 0. The average Bonchev–Trinajstić information content (AvgIpc) is 2.79. The summed E-state index contributed by atoms with van der Waals surface area (Å²) in [6.07, 6.45) is 4.60. The molecule has 0 bridgehead atoms. The van der Waals surface area contributed by atoms with Gasteiger partial charge in [0.1, 0.15) is 11.9 Å². The van der Waals surface area contributed by atoms with Crippen LogP contribution >= 0.6 is 0 Å². The third-order valence-electron chi connectivity index (χ3n) is 5.55. The number of aromatic nitrogens is 3. The van der Waals surface area contributed by atoms with Crippen LogP contribution in [0.4, 0.5) is 5.95 Å². The molecule has 7 nitrogen and oxygen atoms in total. The third-order valence-corrected chi connectivity index (χ3v) is 5.55. The van der Waals surface area contributed by atoms with E-state index in [0.717, 1.165) is 54.7 Å². The summed E-state index contributed by atoms with van der Waals surface area (Å²) in [5.74, 6) is 1.60. The largest absolute Gasteiger partial charge is 0.497 e. The molecule has 4 rings (SSSR count). The number of nitrogens with zero attached hydrogens (tertiary/aromatic N) is 5. The maximum atomic E-state index is 6.12. The van der Waals surface area contributed by atoms with Gasteiger partial charge in [-0.1, -0.05) is 12.1 Å². The molecular formula is C25H31N5O2.